The average molecular weight is 396 g/mol. The van der Waals surface area contributed by atoms with Crippen LogP contribution in [-0.4, -0.2) is 61.9 Å². The van der Waals surface area contributed by atoms with E-state index < -0.39 is 0 Å². The van der Waals surface area contributed by atoms with Gasteiger partial charge in [0.2, 0.25) is 5.91 Å². The van der Waals surface area contributed by atoms with Crippen LogP contribution in [0, 0.1) is 5.92 Å². The topological polar surface area (TPSA) is 47.9 Å². The van der Waals surface area contributed by atoms with E-state index in [9.17, 15) is 4.79 Å². The van der Waals surface area contributed by atoms with Crippen molar-refractivity contribution in [3.05, 3.63) is 0 Å². The van der Waals surface area contributed by atoms with Gasteiger partial charge in [0.1, 0.15) is 6.54 Å². The number of nitrogens with zero attached hydrogens (tertiary/aromatic N) is 3. The Morgan fingerprint density at radius 1 is 1.45 bits per heavy atom. The van der Waals surface area contributed by atoms with Gasteiger partial charge in [-0.15, -0.1) is 24.0 Å². The summed E-state index contributed by atoms with van der Waals surface area (Å²) in [4.78, 5) is 20.0. The summed E-state index contributed by atoms with van der Waals surface area (Å²) in [5.74, 6) is 1.64. The molecule has 0 aromatic carbocycles. The van der Waals surface area contributed by atoms with Crippen LogP contribution in [0.4, 0.5) is 0 Å². The minimum Gasteiger partial charge on any atom is -0.356 e. The van der Waals surface area contributed by atoms with Gasteiger partial charge in [-0.3, -0.25) is 4.79 Å². The number of carbonyl (C=O) groups excluding carboxylic acids is 1. The van der Waals surface area contributed by atoms with Gasteiger partial charge in [-0.2, -0.15) is 0 Å². The van der Waals surface area contributed by atoms with Crippen molar-refractivity contribution in [1.82, 2.24) is 15.1 Å². The number of hydrogen-bond donors (Lipinski definition) is 1. The molecule has 0 saturated carbocycles. The first-order valence-corrected chi connectivity index (χ1v) is 7.28. The van der Waals surface area contributed by atoms with E-state index in [1.807, 2.05) is 0 Å². The molecule has 1 aliphatic rings. The SMILES string of the molecule is CCCNC(=NCC(=O)N(C)C)N1CCCC(C)C1.I. The fourth-order valence-electron chi connectivity index (χ4n) is 2.17. The van der Waals surface area contributed by atoms with Gasteiger partial charge >= 0.3 is 0 Å². The lowest BCUT2D eigenvalue weighted by Crippen LogP contribution is -2.46. The van der Waals surface area contributed by atoms with Crippen LogP contribution in [0.15, 0.2) is 4.99 Å². The predicted molar refractivity (Wildman–Crippen MR) is 94.7 cm³/mol. The lowest BCUT2D eigenvalue weighted by Gasteiger charge is -2.33. The van der Waals surface area contributed by atoms with E-state index in [4.69, 9.17) is 0 Å². The van der Waals surface area contributed by atoms with E-state index in [2.05, 4.69) is 29.1 Å². The second kappa shape index (κ2) is 10.2. The Bertz CT molecular complexity index is 320. The molecule has 1 aliphatic heterocycles. The van der Waals surface area contributed by atoms with Gasteiger partial charge in [-0.25, -0.2) is 4.99 Å². The number of carbonyl (C=O) groups is 1. The standard InChI is InChI=1S/C14H28N4O.HI/c1-5-8-15-14(16-10-13(19)17(3)4)18-9-6-7-12(2)11-18;/h12H,5-11H2,1-4H3,(H,15,16);1H. The number of likely N-dealkylation sites (tertiary alicyclic amines) is 1. The third kappa shape index (κ3) is 6.76. The lowest BCUT2D eigenvalue weighted by atomic mass is 10.0. The van der Waals surface area contributed by atoms with Crippen molar-refractivity contribution in [2.75, 3.05) is 40.3 Å². The van der Waals surface area contributed by atoms with Gasteiger partial charge in [-0.1, -0.05) is 13.8 Å². The number of rotatable bonds is 4. The Labute approximate surface area is 140 Å². The van der Waals surface area contributed by atoms with E-state index in [-0.39, 0.29) is 36.4 Å². The second-order valence-electron chi connectivity index (χ2n) is 5.55. The first kappa shape index (κ1) is 19.5. The first-order chi connectivity index (χ1) is 9.04. The number of guanidine groups is 1. The van der Waals surface area contributed by atoms with E-state index in [0.717, 1.165) is 32.0 Å². The molecule has 20 heavy (non-hydrogen) atoms. The maximum absolute atomic E-state index is 11.6. The van der Waals surface area contributed by atoms with E-state index in [0.29, 0.717) is 5.92 Å². The summed E-state index contributed by atoms with van der Waals surface area (Å²) < 4.78 is 0. The quantitative estimate of drug-likeness (QED) is 0.448. The molecule has 0 bridgehead atoms. The Morgan fingerprint density at radius 3 is 2.70 bits per heavy atom. The summed E-state index contributed by atoms with van der Waals surface area (Å²) in [7, 11) is 3.53. The molecule has 0 aromatic rings. The van der Waals surface area contributed by atoms with Crippen LogP contribution < -0.4 is 5.32 Å². The molecule has 1 amide bonds. The van der Waals surface area contributed by atoms with Crippen LogP contribution in [0.5, 0.6) is 0 Å². The molecular formula is C14H29IN4O. The molecule has 1 heterocycles. The lowest BCUT2D eigenvalue weighted by molar-refractivity contribution is -0.127. The molecule has 6 heteroatoms. The molecular weight excluding hydrogens is 367 g/mol. The monoisotopic (exact) mass is 396 g/mol. The normalized spacial score (nSPS) is 19.3. The number of likely N-dealkylation sites (N-methyl/N-ethyl adjacent to an activating group) is 1. The number of hydrogen-bond acceptors (Lipinski definition) is 2. The Kier molecular flexibility index (Phi) is 9.96. The van der Waals surface area contributed by atoms with Crippen LogP contribution >= 0.6 is 24.0 Å². The van der Waals surface area contributed by atoms with Gasteiger partial charge in [-0.05, 0) is 25.2 Å². The number of amides is 1. The Balaban J connectivity index is 0.00000361. The van der Waals surface area contributed by atoms with Gasteiger partial charge < -0.3 is 15.1 Å². The zero-order chi connectivity index (χ0) is 14.3. The van der Waals surface area contributed by atoms with Gasteiger partial charge in [0.25, 0.3) is 0 Å². The summed E-state index contributed by atoms with van der Waals surface area (Å²) in [6.07, 6.45) is 3.55. The highest BCUT2D eigenvalue weighted by Gasteiger charge is 2.19. The number of aliphatic imine (C=N–C) groups is 1. The van der Waals surface area contributed by atoms with Crippen molar-refractivity contribution < 1.29 is 4.79 Å². The van der Waals surface area contributed by atoms with Crippen molar-refractivity contribution in [1.29, 1.82) is 0 Å². The Morgan fingerprint density at radius 2 is 2.15 bits per heavy atom. The average Bonchev–Trinajstić information content (AvgIpc) is 2.38. The molecule has 1 unspecified atom stereocenters. The second-order valence-corrected chi connectivity index (χ2v) is 5.55. The number of halogens is 1. The molecule has 0 aromatic heterocycles. The van der Waals surface area contributed by atoms with E-state index in [1.54, 1.807) is 19.0 Å². The smallest absolute Gasteiger partial charge is 0.243 e. The van der Waals surface area contributed by atoms with Crippen molar-refractivity contribution >= 4 is 35.8 Å². The third-order valence-electron chi connectivity index (χ3n) is 3.35. The fraction of sp³-hybridized carbons (Fsp3) is 0.857. The molecule has 0 aliphatic carbocycles. The molecule has 1 N–H and O–H groups in total. The molecule has 1 fully saturated rings. The van der Waals surface area contributed by atoms with E-state index in [1.165, 1.54) is 12.8 Å². The highest BCUT2D eigenvalue weighted by molar-refractivity contribution is 14.0. The molecule has 0 radical (unpaired) electrons. The Hall–Kier alpha value is -0.530. The van der Waals surface area contributed by atoms with Gasteiger partial charge in [0, 0.05) is 33.7 Å². The minimum absolute atomic E-state index is 0. The van der Waals surface area contributed by atoms with Crippen molar-refractivity contribution in [2.24, 2.45) is 10.9 Å². The first-order valence-electron chi connectivity index (χ1n) is 7.28. The molecule has 118 valence electrons. The fourth-order valence-corrected chi connectivity index (χ4v) is 2.17. The van der Waals surface area contributed by atoms with Crippen LogP contribution in [0.25, 0.3) is 0 Å². The van der Waals surface area contributed by atoms with Crippen molar-refractivity contribution in [3.8, 4) is 0 Å². The van der Waals surface area contributed by atoms with Crippen molar-refractivity contribution in [2.45, 2.75) is 33.1 Å². The molecule has 0 spiro atoms. The van der Waals surface area contributed by atoms with Gasteiger partial charge in [0.05, 0.1) is 0 Å². The van der Waals surface area contributed by atoms with Crippen LogP contribution in [-0.2, 0) is 4.79 Å². The zero-order valence-corrected chi connectivity index (χ0v) is 15.5. The maximum Gasteiger partial charge on any atom is 0.243 e. The van der Waals surface area contributed by atoms with Gasteiger partial charge in [0.15, 0.2) is 5.96 Å². The summed E-state index contributed by atoms with van der Waals surface area (Å²) in [5.41, 5.74) is 0. The molecule has 1 saturated heterocycles. The predicted octanol–water partition coefficient (Wildman–Crippen LogP) is 1.78. The third-order valence-corrected chi connectivity index (χ3v) is 3.35. The minimum atomic E-state index is 0. The highest BCUT2D eigenvalue weighted by Crippen LogP contribution is 2.15. The summed E-state index contributed by atoms with van der Waals surface area (Å²) in [6, 6.07) is 0. The zero-order valence-electron chi connectivity index (χ0n) is 13.2. The summed E-state index contributed by atoms with van der Waals surface area (Å²) in [5, 5.41) is 3.36. The van der Waals surface area contributed by atoms with Crippen LogP contribution in [0.1, 0.15) is 33.1 Å². The number of nitrogens with one attached hydrogen (secondary N) is 1. The largest absolute Gasteiger partial charge is 0.356 e. The highest BCUT2D eigenvalue weighted by atomic mass is 127. The maximum atomic E-state index is 11.6. The van der Waals surface area contributed by atoms with Crippen LogP contribution in [0.2, 0.25) is 0 Å². The van der Waals surface area contributed by atoms with Crippen molar-refractivity contribution in [3.63, 3.8) is 0 Å². The summed E-state index contributed by atoms with van der Waals surface area (Å²) in [6.45, 7) is 7.61. The van der Waals surface area contributed by atoms with E-state index >= 15 is 0 Å². The summed E-state index contributed by atoms with van der Waals surface area (Å²) >= 11 is 0. The number of piperidine rings is 1. The van der Waals surface area contributed by atoms with Crippen LogP contribution in [0.3, 0.4) is 0 Å². The molecule has 1 atom stereocenters. The molecule has 5 nitrogen and oxygen atoms in total. The molecule has 1 rings (SSSR count).